The fraction of sp³-hybridized carbons (Fsp3) is 0.250. The minimum atomic E-state index is 0.446. The molecule has 0 bridgehead atoms. The van der Waals surface area contributed by atoms with Crippen molar-refractivity contribution in [3.63, 3.8) is 0 Å². The topological polar surface area (TPSA) is 12.0 Å². The summed E-state index contributed by atoms with van der Waals surface area (Å²) in [4.78, 5) is 0. The van der Waals surface area contributed by atoms with Gasteiger partial charge in [-0.3, -0.25) is 0 Å². The van der Waals surface area contributed by atoms with Crippen molar-refractivity contribution < 1.29 is 0 Å². The Morgan fingerprint density at radius 2 is 1.78 bits per heavy atom. The zero-order valence-corrected chi connectivity index (χ0v) is 12.4. The highest BCUT2D eigenvalue weighted by Crippen LogP contribution is 2.25. The first kappa shape index (κ1) is 13.3. The van der Waals surface area contributed by atoms with E-state index in [9.17, 15) is 0 Å². The van der Waals surface area contributed by atoms with Gasteiger partial charge < -0.3 is 5.32 Å². The van der Waals surface area contributed by atoms with E-state index in [1.165, 1.54) is 16.7 Å². The van der Waals surface area contributed by atoms with Crippen molar-refractivity contribution in [2.75, 3.05) is 7.05 Å². The van der Waals surface area contributed by atoms with Crippen molar-refractivity contribution in [1.29, 1.82) is 0 Å². The standard InChI is InChI=1S/C16H18BrN/c1-3-16(18-2)13-9-7-12(8-10-13)14-5-4-6-15(17)11-14/h4-11,16,18H,3H2,1-2H3. The van der Waals surface area contributed by atoms with Crippen LogP contribution in [-0.4, -0.2) is 7.05 Å². The Balaban J connectivity index is 2.27. The minimum absolute atomic E-state index is 0.446. The van der Waals surface area contributed by atoms with E-state index in [1.807, 2.05) is 13.1 Å². The summed E-state index contributed by atoms with van der Waals surface area (Å²) >= 11 is 3.51. The number of benzene rings is 2. The molecule has 0 spiro atoms. The maximum absolute atomic E-state index is 3.51. The second kappa shape index (κ2) is 6.17. The second-order valence-electron chi connectivity index (χ2n) is 4.38. The third-order valence-electron chi connectivity index (χ3n) is 3.23. The molecule has 18 heavy (non-hydrogen) atoms. The first-order valence-corrected chi connectivity index (χ1v) is 7.07. The average molecular weight is 304 g/mol. The van der Waals surface area contributed by atoms with E-state index in [4.69, 9.17) is 0 Å². The van der Waals surface area contributed by atoms with Gasteiger partial charge >= 0.3 is 0 Å². The Bertz CT molecular complexity index is 501. The highest BCUT2D eigenvalue weighted by Gasteiger charge is 2.06. The Labute approximate surface area is 117 Å². The highest BCUT2D eigenvalue weighted by molar-refractivity contribution is 9.10. The van der Waals surface area contributed by atoms with Gasteiger partial charge in [0.2, 0.25) is 0 Å². The van der Waals surface area contributed by atoms with Gasteiger partial charge in [-0.05, 0) is 42.3 Å². The van der Waals surface area contributed by atoms with Crippen LogP contribution >= 0.6 is 15.9 Å². The maximum Gasteiger partial charge on any atom is 0.0314 e. The molecule has 0 saturated heterocycles. The largest absolute Gasteiger partial charge is 0.313 e. The summed E-state index contributed by atoms with van der Waals surface area (Å²) in [5.41, 5.74) is 3.85. The van der Waals surface area contributed by atoms with Gasteiger partial charge in [-0.2, -0.15) is 0 Å². The van der Waals surface area contributed by atoms with Gasteiger partial charge in [-0.15, -0.1) is 0 Å². The lowest BCUT2D eigenvalue weighted by Gasteiger charge is -2.14. The van der Waals surface area contributed by atoms with Crippen molar-refractivity contribution in [2.24, 2.45) is 0 Å². The van der Waals surface area contributed by atoms with Gasteiger partial charge in [0.1, 0.15) is 0 Å². The van der Waals surface area contributed by atoms with Crippen LogP contribution in [0.15, 0.2) is 53.0 Å². The number of nitrogens with one attached hydrogen (secondary N) is 1. The van der Waals surface area contributed by atoms with Crippen molar-refractivity contribution in [3.05, 3.63) is 58.6 Å². The van der Waals surface area contributed by atoms with Crippen LogP contribution in [0.2, 0.25) is 0 Å². The summed E-state index contributed by atoms with van der Waals surface area (Å²) < 4.78 is 1.12. The molecule has 2 aromatic carbocycles. The fourth-order valence-corrected chi connectivity index (χ4v) is 2.58. The van der Waals surface area contributed by atoms with Gasteiger partial charge in [0.15, 0.2) is 0 Å². The van der Waals surface area contributed by atoms with E-state index < -0.39 is 0 Å². The van der Waals surface area contributed by atoms with Crippen LogP contribution in [0, 0.1) is 0 Å². The Morgan fingerprint density at radius 3 is 2.33 bits per heavy atom. The van der Waals surface area contributed by atoms with Gasteiger partial charge in [0, 0.05) is 10.5 Å². The van der Waals surface area contributed by atoms with E-state index in [1.54, 1.807) is 0 Å². The molecular weight excluding hydrogens is 286 g/mol. The Morgan fingerprint density at radius 1 is 1.06 bits per heavy atom. The molecule has 0 amide bonds. The van der Waals surface area contributed by atoms with E-state index in [-0.39, 0.29) is 0 Å². The van der Waals surface area contributed by atoms with Crippen LogP contribution in [0.4, 0.5) is 0 Å². The van der Waals surface area contributed by atoms with Crippen molar-refractivity contribution in [3.8, 4) is 11.1 Å². The molecular formula is C16H18BrN. The van der Waals surface area contributed by atoms with Crippen LogP contribution in [0.1, 0.15) is 24.9 Å². The third-order valence-corrected chi connectivity index (χ3v) is 3.72. The van der Waals surface area contributed by atoms with Crippen LogP contribution in [0.5, 0.6) is 0 Å². The zero-order chi connectivity index (χ0) is 13.0. The molecule has 1 N–H and O–H groups in total. The molecule has 1 atom stereocenters. The normalized spacial score (nSPS) is 12.4. The van der Waals surface area contributed by atoms with E-state index in [0.717, 1.165) is 10.9 Å². The third kappa shape index (κ3) is 3.01. The number of hydrogen-bond acceptors (Lipinski definition) is 1. The summed E-state index contributed by atoms with van der Waals surface area (Å²) in [5.74, 6) is 0. The smallest absolute Gasteiger partial charge is 0.0314 e. The molecule has 0 aliphatic rings. The van der Waals surface area contributed by atoms with Crippen molar-refractivity contribution >= 4 is 15.9 Å². The van der Waals surface area contributed by atoms with Gasteiger partial charge in [0.05, 0.1) is 0 Å². The summed E-state index contributed by atoms with van der Waals surface area (Å²) in [6.07, 6.45) is 1.10. The molecule has 2 aromatic rings. The summed E-state index contributed by atoms with van der Waals surface area (Å²) in [7, 11) is 2.01. The highest BCUT2D eigenvalue weighted by atomic mass is 79.9. The lowest BCUT2D eigenvalue weighted by atomic mass is 10.00. The Hall–Kier alpha value is -1.12. The number of hydrogen-bond donors (Lipinski definition) is 1. The molecule has 0 aromatic heterocycles. The summed E-state index contributed by atoms with van der Waals surface area (Å²) in [6, 6.07) is 17.6. The van der Waals surface area contributed by atoms with Crippen LogP contribution in [-0.2, 0) is 0 Å². The van der Waals surface area contributed by atoms with E-state index in [2.05, 4.69) is 70.6 Å². The molecule has 0 fully saturated rings. The van der Waals surface area contributed by atoms with E-state index in [0.29, 0.717) is 6.04 Å². The fourth-order valence-electron chi connectivity index (χ4n) is 2.18. The molecule has 2 rings (SSSR count). The zero-order valence-electron chi connectivity index (χ0n) is 10.8. The van der Waals surface area contributed by atoms with Crippen molar-refractivity contribution in [1.82, 2.24) is 5.32 Å². The quantitative estimate of drug-likeness (QED) is 0.856. The predicted molar refractivity (Wildman–Crippen MR) is 81.7 cm³/mol. The molecule has 0 radical (unpaired) electrons. The molecule has 2 heteroatoms. The molecule has 0 aliphatic carbocycles. The lowest BCUT2D eigenvalue weighted by molar-refractivity contribution is 0.577. The Kier molecular flexibility index (Phi) is 4.56. The molecule has 0 aliphatic heterocycles. The average Bonchev–Trinajstić information content (AvgIpc) is 2.41. The molecule has 0 heterocycles. The SMILES string of the molecule is CCC(NC)c1ccc(-c2cccc(Br)c2)cc1. The van der Waals surface area contributed by atoms with E-state index >= 15 is 0 Å². The summed E-state index contributed by atoms with van der Waals surface area (Å²) in [5, 5.41) is 3.33. The molecule has 1 nitrogen and oxygen atoms in total. The maximum atomic E-state index is 3.51. The van der Waals surface area contributed by atoms with Crippen LogP contribution in [0.25, 0.3) is 11.1 Å². The monoisotopic (exact) mass is 303 g/mol. The second-order valence-corrected chi connectivity index (χ2v) is 5.30. The van der Waals surface area contributed by atoms with Crippen LogP contribution in [0.3, 0.4) is 0 Å². The summed E-state index contributed by atoms with van der Waals surface area (Å²) in [6.45, 7) is 2.20. The molecule has 1 unspecified atom stereocenters. The number of rotatable bonds is 4. The van der Waals surface area contributed by atoms with Crippen molar-refractivity contribution in [2.45, 2.75) is 19.4 Å². The number of halogens is 1. The predicted octanol–water partition coefficient (Wildman–Crippen LogP) is 4.79. The first-order valence-electron chi connectivity index (χ1n) is 6.27. The molecule has 0 saturated carbocycles. The van der Waals surface area contributed by atoms with Gasteiger partial charge in [0.25, 0.3) is 0 Å². The minimum Gasteiger partial charge on any atom is -0.313 e. The first-order chi connectivity index (χ1) is 8.74. The van der Waals surface area contributed by atoms with Crippen LogP contribution < -0.4 is 5.32 Å². The van der Waals surface area contributed by atoms with Gasteiger partial charge in [-0.1, -0.05) is 59.3 Å². The lowest BCUT2D eigenvalue weighted by Crippen LogP contribution is -2.14. The molecule has 94 valence electrons. The van der Waals surface area contributed by atoms with Gasteiger partial charge in [-0.25, -0.2) is 0 Å².